The molecule has 2 rings (SSSR count). The van der Waals surface area contributed by atoms with Crippen LogP contribution in [-0.4, -0.2) is 31.6 Å². The molecule has 0 aromatic heterocycles. The predicted octanol–water partition coefficient (Wildman–Crippen LogP) is 2.74. The van der Waals surface area contributed by atoms with Crippen molar-refractivity contribution >= 4 is 27.5 Å². The highest BCUT2D eigenvalue weighted by Gasteiger charge is 2.20. The highest BCUT2D eigenvalue weighted by molar-refractivity contribution is 9.10. The van der Waals surface area contributed by atoms with E-state index in [1.807, 2.05) is 18.2 Å². The monoisotopic (exact) mass is 325 g/mol. The average Bonchev–Trinajstić information content (AvgIpc) is 2.88. The van der Waals surface area contributed by atoms with Crippen LogP contribution < -0.4 is 10.6 Å². The smallest absolute Gasteiger partial charge is 0.124 e. The molecule has 1 unspecified atom stereocenters. The summed E-state index contributed by atoms with van der Waals surface area (Å²) in [6, 6.07) is 5.83. The summed E-state index contributed by atoms with van der Waals surface area (Å²) in [6.45, 7) is 4.70. The summed E-state index contributed by atoms with van der Waals surface area (Å²) in [7, 11) is 0. The zero-order valence-electron chi connectivity index (χ0n) is 11.2. The number of nitrogens with zero attached hydrogens (tertiary/aromatic N) is 1. The molecule has 1 saturated heterocycles. The minimum Gasteiger partial charge on any atom is -0.384 e. The van der Waals surface area contributed by atoms with Gasteiger partial charge in [0.05, 0.1) is 6.10 Å². The molecule has 0 bridgehead atoms. The number of nitrogens with one attached hydrogen (secondary N) is 1. The number of hydrogen-bond donors (Lipinski definition) is 2. The van der Waals surface area contributed by atoms with E-state index < -0.39 is 0 Å². The summed E-state index contributed by atoms with van der Waals surface area (Å²) in [4.78, 5) is 2.23. The molecule has 1 atom stereocenters. The van der Waals surface area contributed by atoms with E-state index in [2.05, 4.69) is 27.8 Å². The maximum Gasteiger partial charge on any atom is 0.124 e. The first-order chi connectivity index (χ1) is 9.11. The van der Waals surface area contributed by atoms with E-state index in [0.717, 1.165) is 48.3 Å². The molecule has 1 fully saturated rings. The van der Waals surface area contributed by atoms with Crippen LogP contribution in [0.25, 0.3) is 0 Å². The third kappa shape index (κ3) is 3.48. The fourth-order valence-electron chi connectivity index (χ4n) is 2.43. The normalized spacial score (nSPS) is 18.5. The fourth-order valence-corrected chi connectivity index (χ4v) is 2.78. The molecule has 0 saturated carbocycles. The molecule has 19 heavy (non-hydrogen) atoms. The van der Waals surface area contributed by atoms with Crippen molar-refractivity contribution in [2.45, 2.75) is 25.9 Å². The van der Waals surface area contributed by atoms with Crippen molar-refractivity contribution in [1.82, 2.24) is 0 Å². The van der Waals surface area contributed by atoms with Crippen LogP contribution >= 0.6 is 15.9 Å². The number of halogens is 1. The minimum atomic E-state index is 0.105. The highest BCUT2D eigenvalue weighted by Crippen LogP contribution is 2.26. The molecule has 0 radical (unpaired) electrons. The van der Waals surface area contributed by atoms with E-state index in [0.29, 0.717) is 6.10 Å². The van der Waals surface area contributed by atoms with Crippen LogP contribution in [0.2, 0.25) is 0 Å². The van der Waals surface area contributed by atoms with Gasteiger partial charge in [-0.15, -0.1) is 0 Å². The van der Waals surface area contributed by atoms with Gasteiger partial charge >= 0.3 is 0 Å². The van der Waals surface area contributed by atoms with Crippen molar-refractivity contribution < 1.29 is 4.74 Å². The van der Waals surface area contributed by atoms with Crippen LogP contribution in [0.1, 0.15) is 25.3 Å². The lowest BCUT2D eigenvalue weighted by Gasteiger charge is -2.28. The molecular weight excluding hydrogens is 306 g/mol. The van der Waals surface area contributed by atoms with E-state index in [-0.39, 0.29) is 5.84 Å². The van der Waals surface area contributed by atoms with Gasteiger partial charge in [-0.1, -0.05) is 15.9 Å². The zero-order chi connectivity index (χ0) is 13.8. The average molecular weight is 326 g/mol. The Balaban J connectivity index is 2.25. The first kappa shape index (κ1) is 14.3. The number of anilines is 1. The molecule has 104 valence electrons. The van der Waals surface area contributed by atoms with Gasteiger partial charge < -0.3 is 15.4 Å². The maximum atomic E-state index is 7.70. The Morgan fingerprint density at radius 3 is 2.95 bits per heavy atom. The number of rotatable bonds is 5. The third-order valence-corrected chi connectivity index (χ3v) is 3.91. The third-order valence-electron chi connectivity index (χ3n) is 3.42. The van der Waals surface area contributed by atoms with Crippen molar-refractivity contribution in [3.63, 3.8) is 0 Å². The van der Waals surface area contributed by atoms with Gasteiger partial charge in [0.2, 0.25) is 0 Å². The number of amidine groups is 1. The van der Waals surface area contributed by atoms with Crippen molar-refractivity contribution in [3.8, 4) is 0 Å². The largest absolute Gasteiger partial charge is 0.384 e. The number of nitrogens with two attached hydrogens (primary N) is 1. The van der Waals surface area contributed by atoms with E-state index in [1.165, 1.54) is 0 Å². The second kappa shape index (κ2) is 6.39. The topological polar surface area (TPSA) is 62.3 Å². The van der Waals surface area contributed by atoms with Gasteiger partial charge in [-0.3, -0.25) is 5.41 Å². The lowest BCUT2D eigenvalue weighted by molar-refractivity contribution is 0.115. The summed E-state index contributed by atoms with van der Waals surface area (Å²) < 4.78 is 6.70. The second-order valence-electron chi connectivity index (χ2n) is 4.75. The molecule has 5 heteroatoms. The van der Waals surface area contributed by atoms with Gasteiger partial charge in [0.15, 0.2) is 0 Å². The molecule has 1 aliphatic rings. The second-order valence-corrected chi connectivity index (χ2v) is 5.66. The molecule has 0 aliphatic carbocycles. The van der Waals surface area contributed by atoms with Gasteiger partial charge in [-0.05, 0) is 38.0 Å². The standard InChI is InChI=1S/C14H20BrN3O/c1-2-18(9-11-4-3-7-19-11)13-8-10(15)5-6-12(13)14(16)17/h5-6,8,11H,2-4,7,9H2,1H3,(H3,16,17). The van der Waals surface area contributed by atoms with Crippen LogP contribution in [0, 0.1) is 5.41 Å². The minimum absolute atomic E-state index is 0.105. The van der Waals surface area contributed by atoms with Gasteiger partial charge in [-0.25, -0.2) is 0 Å². The van der Waals surface area contributed by atoms with Crippen molar-refractivity contribution in [2.24, 2.45) is 5.73 Å². The van der Waals surface area contributed by atoms with Gasteiger partial charge in [0, 0.05) is 35.4 Å². The molecule has 3 N–H and O–H groups in total. The Labute approximate surface area is 122 Å². The molecule has 1 aliphatic heterocycles. The summed E-state index contributed by atoms with van der Waals surface area (Å²) in [5, 5.41) is 7.70. The fraction of sp³-hybridized carbons (Fsp3) is 0.500. The molecule has 1 aromatic carbocycles. The van der Waals surface area contributed by atoms with E-state index >= 15 is 0 Å². The van der Waals surface area contributed by atoms with E-state index in [9.17, 15) is 0 Å². The van der Waals surface area contributed by atoms with Crippen LogP contribution in [0.4, 0.5) is 5.69 Å². The number of hydrogen-bond acceptors (Lipinski definition) is 3. The Kier molecular flexibility index (Phi) is 4.82. The highest BCUT2D eigenvalue weighted by atomic mass is 79.9. The van der Waals surface area contributed by atoms with Crippen molar-refractivity contribution in [1.29, 1.82) is 5.41 Å². The zero-order valence-corrected chi connectivity index (χ0v) is 12.7. The summed E-state index contributed by atoms with van der Waals surface area (Å²) in [5.41, 5.74) is 7.46. The molecule has 1 aromatic rings. The number of benzene rings is 1. The predicted molar refractivity (Wildman–Crippen MR) is 82.0 cm³/mol. The molecule has 0 spiro atoms. The first-order valence-corrected chi connectivity index (χ1v) is 7.41. The van der Waals surface area contributed by atoms with Crippen LogP contribution in [0.15, 0.2) is 22.7 Å². The number of nitrogen functional groups attached to an aromatic ring is 1. The summed E-state index contributed by atoms with van der Waals surface area (Å²) in [5.74, 6) is 0.105. The van der Waals surface area contributed by atoms with Crippen LogP contribution in [-0.2, 0) is 4.74 Å². The number of ether oxygens (including phenoxy) is 1. The van der Waals surface area contributed by atoms with Gasteiger partial charge in [0.1, 0.15) is 5.84 Å². The summed E-state index contributed by atoms with van der Waals surface area (Å²) in [6.07, 6.45) is 2.54. The first-order valence-electron chi connectivity index (χ1n) is 6.62. The summed E-state index contributed by atoms with van der Waals surface area (Å²) >= 11 is 3.49. The molecule has 4 nitrogen and oxygen atoms in total. The Morgan fingerprint density at radius 2 is 2.37 bits per heavy atom. The lowest BCUT2D eigenvalue weighted by atomic mass is 10.1. The Bertz CT molecular complexity index is 458. The Morgan fingerprint density at radius 1 is 1.58 bits per heavy atom. The quantitative estimate of drug-likeness (QED) is 0.646. The number of likely N-dealkylation sites (N-methyl/N-ethyl adjacent to an activating group) is 1. The Hall–Kier alpha value is -1.07. The lowest BCUT2D eigenvalue weighted by Crippen LogP contribution is -2.33. The molecule has 1 heterocycles. The van der Waals surface area contributed by atoms with Crippen molar-refractivity contribution in [3.05, 3.63) is 28.2 Å². The SMILES string of the molecule is CCN(CC1CCCO1)c1cc(Br)ccc1C(=N)N. The van der Waals surface area contributed by atoms with Gasteiger partial charge in [-0.2, -0.15) is 0 Å². The van der Waals surface area contributed by atoms with Gasteiger partial charge in [0.25, 0.3) is 0 Å². The maximum absolute atomic E-state index is 7.70. The van der Waals surface area contributed by atoms with Crippen molar-refractivity contribution in [2.75, 3.05) is 24.6 Å². The van der Waals surface area contributed by atoms with E-state index in [4.69, 9.17) is 15.9 Å². The van der Waals surface area contributed by atoms with E-state index in [1.54, 1.807) is 0 Å². The van der Waals surface area contributed by atoms with Crippen LogP contribution in [0.3, 0.4) is 0 Å². The molecule has 0 amide bonds. The molecular formula is C14H20BrN3O. The van der Waals surface area contributed by atoms with Crippen LogP contribution in [0.5, 0.6) is 0 Å².